The van der Waals surface area contributed by atoms with Crippen LogP contribution in [0.2, 0.25) is 10.0 Å². The Morgan fingerprint density at radius 1 is 0.941 bits per heavy atom. The van der Waals surface area contributed by atoms with Gasteiger partial charge in [-0.05, 0) is 23.8 Å². The fourth-order valence-corrected chi connectivity index (χ4v) is 2.30. The Morgan fingerprint density at radius 2 is 1.59 bits per heavy atom. The number of thiol groups is 1. The largest absolute Gasteiger partial charge is 0.353 e. The quantitative estimate of drug-likeness (QED) is 0.741. The smallest absolute Gasteiger partial charge is 0.0763 e. The molecule has 17 heavy (non-hydrogen) atoms. The van der Waals surface area contributed by atoms with Crippen molar-refractivity contribution in [3.8, 4) is 0 Å². The maximum absolute atomic E-state index is 6.11. The van der Waals surface area contributed by atoms with E-state index in [1.165, 1.54) is 0 Å². The Kier molecular flexibility index (Phi) is 4.21. The van der Waals surface area contributed by atoms with E-state index in [1.807, 2.05) is 30.3 Å². The molecule has 0 radical (unpaired) electrons. The highest BCUT2D eigenvalue weighted by molar-refractivity contribution is 7.79. The molecule has 0 heterocycles. The molecule has 0 aliphatic carbocycles. The van der Waals surface area contributed by atoms with Gasteiger partial charge in [0, 0.05) is 11.4 Å². The van der Waals surface area contributed by atoms with E-state index in [0.29, 0.717) is 15.8 Å². The van der Waals surface area contributed by atoms with Gasteiger partial charge in [-0.15, -0.1) is 0 Å². The van der Waals surface area contributed by atoms with Crippen molar-refractivity contribution in [2.75, 3.05) is 5.32 Å². The molecular formula is C13H11Cl2NS. The van der Waals surface area contributed by atoms with Crippen molar-refractivity contribution in [2.45, 2.75) is 5.75 Å². The van der Waals surface area contributed by atoms with E-state index in [-0.39, 0.29) is 0 Å². The Bertz CT molecular complexity index is 508. The number of benzene rings is 2. The second-order valence-corrected chi connectivity index (χ2v) is 4.67. The monoisotopic (exact) mass is 283 g/mol. The SMILES string of the molecule is SCc1ccccc1Nc1c(Cl)cccc1Cl. The lowest BCUT2D eigenvalue weighted by atomic mass is 10.2. The molecule has 0 amide bonds. The Hall–Kier alpha value is -0.830. The molecule has 0 bridgehead atoms. The number of para-hydroxylation sites is 2. The molecule has 0 fully saturated rings. The molecule has 2 aromatic carbocycles. The molecular weight excluding hydrogens is 273 g/mol. The third-order valence-electron chi connectivity index (χ3n) is 2.41. The van der Waals surface area contributed by atoms with E-state index < -0.39 is 0 Å². The summed E-state index contributed by atoms with van der Waals surface area (Å²) in [6.45, 7) is 0. The van der Waals surface area contributed by atoms with Crippen LogP contribution in [-0.4, -0.2) is 0 Å². The Balaban J connectivity index is 2.38. The van der Waals surface area contributed by atoms with Gasteiger partial charge in [-0.1, -0.05) is 47.5 Å². The van der Waals surface area contributed by atoms with Crippen molar-refractivity contribution >= 4 is 47.2 Å². The molecule has 0 saturated carbocycles. The predicted molar refractivity (Wildman–Crippen MR) is 78.9 cm³/mol. The van der Waals surface area contributed by atoms with Crippen molar-refractivity contribution in [1.29, 1.82) is 0 Å². The number of hydrogen-bond donors (Lipinski definition) is 2. The first-order valence-corrected chi connectivity index (χ1v) is 6.51. The first-order chi connectivity index (χ1) is 8.22. The summed E-state index contributed by atoms with van der Waals surface area (Å²) >= 11 is 16.5. The maximum atomic E-state index is 6.11. The van der Waals surface area contributed by atoms with Crippen LogP contribution in [0.15, 0.2) is 42.5 Å². The van der Waals surface area contributed by atoms with E-state index in [2.05, 4.69) is 17.9 Å². The zero-order chi connectivity index (χ0) is 12.3. The van der Waals surface area contributed by atoms with Crippen molar-refractivity contribution in [3.05, 3.63) is 58.1 Å². The minimum absolute atomic E-state index is 0.603. The van der Waals surface area contributed by atoms with Gasteiger partial charge < -0.3 is 5.32 Å². The van der Waals surface area contributed by atoms with Crippen LogP contribution in [0.4, 0.5) is 11.4 Å². The zero-order valence-corrected chi connectivity index (χ0v) is 11.4. The average Bonchev–Trinajstić information content (AvgIpc) is 2.34. The first-order valence-electron chi connectivity index (χ1n) is 5.12. The summed E-state index contributed by atoms with van der Waals surface area (Å²) in [6.07, 6.45) is 0. The third kappa shape index (κ3) is 2.89. The number of rotatable bonds is 3. The average molecular weight is 284 g/mol. The van der Waals surface area contributed by atoms with E-state index in [9.17, 15) is 0 Å². The molecule has 1 N–H and O–H groups in total. The van der Waals surface area contributed by atoms with Crippen LogP contribution in [0.5, 0.6) is 0 Å². The fourth-order valence-electron chi connectivity index (χ4n) is 1.53. The van der Waals surface area contributed by atoms with Crippen LogP contribution in [0.25, 0.3) is 0 Å². The summed E-state index contributed by atoms with van der Waals surface area (Å²) in [6, 6.07) is 13.4. The van der Waals surface area contributed by atoms with Gasteiger partial charge in [0.1, 0.15) is 0 Å². The predicted octanol–water partition coefficient (Wildman–Crippen LogP) is 5.17. The zero-order valence-electron chi connectivity index (χ0n) is 8.95. The topological polar surface area (TPSA) is 12.0 Å². The van der Waals surface area contributed by atoms with Crippen LogP contribution >= 0.6 is 35.8 Å². The van der Waals surface area contributed by atoms with Crippen molar-refractivity contribution in [3.63, 3.8) is 0 Å². The number of halogens is 2. The molecule has 0 spiro atoms. The number of anilines is 2. The first kappa shape index (κ1) is 12.6. The van der Waals surface area contributed by atoms with Gasteiger partial charge in [0.15, 0.2) is 0 Å². The van der Waals surface area contributed by atoms with Gasteiger partial charge in [-0.25, -0.2) is 0 Å². The lowest BCUT2D eigenvalue weighted by molar-refractivity contribution is 1.40. The van der Waals surface area contributed by atoms with Crippen LogP contribution in [0.3, 0.4) is 0 Å². The molecule has 0 aromatic heterocycles. The number of hydrogen-bond acceptors (Lipinski definition) is 2. The van der Waals surface area contributed by atoms with E-state index in [0.717, 1.165) is 16.9 Å². The van der Waals surface area contributed by atoms with Gasteiger partial charge in [0.05, 0.1) is 15.7 Å². The molecule has 0 unspecified atom stereocenters. The third-order valence-corrected chi connectivity index (χ3v) is 3.38. The van der Waals surface area contributed by atoms with Crippen LogP contribution < -0.4 is 5.32 Å². The highest BCUT2D eigenvalue weighted by atomic mass is 35.5. The molecule has 88 valence electrons. The molecule has 0 aliphatic rings. The van der Waals surface area contributed by atoms with Gasteiger partial charge in [0.2, 0.25) is 0 Å². The molecule has 4 heteroatoms. The van der Waals surface area contributed by atoms with Crippen molar-refractivity contribution < 1.29 is 0 Å². The van der Waals surface area contributed by atoms with Gasteiger partial charge in [-0.2, -0.15) is 12.6 Å². The second-order valence-electron chi connectivity index (χ2n) is 3.54. The molecule has 0 saturated heterocycles. The van der Waals surface area contributed by atoms with Gasteiger partial charge in [0.25, 0.3) is 0 Å². The minimum Gasteiger partial charge on any atom is -0.353 e. The van der Waals surface area contributed by atoms with E-state index in [4.69, 9.17) is 23.2 Å². The summed E-state index contributed by atoms with van der Waals surface area (Å²) in [5, 5.41) is 4.45. The standard InChI is InChI=1S/C13H11Cl2NS/c14-10-5-3-6-11(15)13(10)16-12-7-2-1-4-9(12)8-17/h1-7,16-17H,8H2. The second kappa shape index (κ2) is 5.67. The molecule has 0 aliphatic heterocycles. The Labute approximate surface area is 116 Å². The summed E-state index contributed by atoms with van der Waals surface area (Å²) < 4.78 is 0. The molecule has 1 nitrogen and oxygen atoms in total. The van der Waals surface area contributed by atoms with Crippen molar-refractivity contribution in [2.24, 2.45) is 0 Å². The van der Waals surface area contributed by atoms with Gasteiger partial charge in [-0.3, -0.25) is 0 Å². The maximum Gasteiger partial charge on any atom is 0.0763 e. The van der Waals surface area contributed by atoms with Crippen LogP contribution in [0.1, 0.15) is 5.56 Å². The molecule has 2 rings (SSSR count). The highest BCUT2D eigenvalue weighted by Crippen LogP contribution is 2.33. The van der Waals surface area contributed by atoms with Crippen LogP contribution in [-0.2, 0) is 5.75 Å². The lowest BCUT2D eigenvalue weighted by Crippen LogP contribution is -1.95. The lowest BCUT2D eigenvalue weighted by Gasteiger charge is -2.13. The summed E-state index contributed by atoms with van der Waals surface area (Å²) in [5.41, 5.74) is 2.80. The van der Waals surface area contributed by atoms with E-state index in [1.54, 1.807) is 12.1 Å². The fraction of sp³-hybridized carbons (Fsp3) is 0.0769. The summed E-state index contributed by atoms with van der Waals surface area (Å²) in [7, 11) is 0. The van der Waals surface area contributed by atoms with Gasteiger partial charge >= 0.3 is 0 Å². The summed E-state index contributed by atoms with van der Waals surface area (Å²) in [4.78, 5) is 0. The van der Waals surface area contributed by atoms with E-state index >= 15 is 0 Å². The Morgan fingerprint density at radius 3 is 2.24 bits per heavy atom. The normalized spacial score (nSPS) is 10.3. The number of nitrogens with one attached hydrogen (secondary N) is 1. The van der Waals surface area contributed by atoms with Crippen molar-refractivity contribution in [1.82, 2.24) is 0 Å². The van der Waals surface area contributed by atoms with Crippen LogP contribution in [0, 0.1) is 0 Å². The highest BCUT2D eigenvalue weighted by Gasteiger charge is 2.07. The minimum atomic E-state index is 0.603. The molecule has 2 aromatic rings. The summed E-state index contributed by atoms with van der Waals surface area (Å²) in [5.74, 6) is 0.658. The molecule has 0 atom stereocenters.